The smallest absolute Gasteiger partial charge is 0.263 e. The Bertz CT molecular complexity index is 1460. The number of nitrogens with zero attached hydrogens (tertiary/aromatic N) is 2. The lowest BCUT2D eigenvalue weighted by atomic mass is 9.97. The first-order valence-electron chi connectivity index (χ1n) is 11.3. The van der Waals surface area contributed by atoms with Crippen LogP contribution in [0.25, 0.3) is 0 Å². The number of carbonyl (C=O) groups excluding carboxylic acids is 1. The fourth-order valence-electron chi connectivity index (χ4n) is 3.92. The number of sulfonamides is 2. The summed E-state index contributed by atoms with van der Waals surface area (Å²) in [5, 5.41) is 3.36. The molecule has 1 fully saturated rings. The molecule has 1 aliphatic rings. The predicted molar refractivity (Wildman–Crippen MR) is 143 cm³/mol. The van der Waals surface area contributed by atoms with Crippen LogP contribution in [-0.4, -0.2) is 45.1 Å². The summed E-state index contributed by atoms with van der Waals surface area (Å²) < 4.78 is 54.6. The van der Waals surface area contributed by atoms with E-state index in [1.807, 2.05) is 0 Å². The van der Waals surface area contributed by atoms with E-state index in [0.29, 0.717) is 24.1 Å². The molecular weight excluding hydrogens is 559 g/mol. The molecule has 3 aromatic rings. The third-order valence-corrected chi connectivity index (χ3v) is 9.83. The van der Waals surface area contributed by atoms with E-state index < -0.39 is 20.0 Å². The van der Waals surface area contributed by atoms with E-state index in [1.54, 1.807) is 30.3 Å². The minimum absolute atomic E-state index is 0.0216. The van der Waals surface area contributed by atoms with E-state index in [0.717, 1.165) is 0 Å². The molecule has 0 atom stereocenters. The van der Waals surface area contributed by atoms with Crippen molar-refractivity contribution in [3.05, 3.63) is 82.5 Å². The number of halogens is 2. The second kappa shape index (κ2) is 11.4. The van der Waals surface area contributed by atoms with Gasteiger partial charge in [0.2, 0.25) is 15.9 Å². The number of rotatable bonds is 8. The SMILES string of the molecule is O=C(Nc1ccc(S(=O)(=O)Nc2ccccn2)cc1)C1CCN(S(=O)(=O)Cc2c(Cl)cccc2Cl)CC1. The Hall–Kier alpha value is -2.70. The van der Waals surface area contributed by atoms with E-state index in [-0.39, 0.29) is 51.4 Å². The maximum atomic E-state index is 12.9. The third kappa shape index (κ3) is 6.79. The van der Waals surface area contributed by atoms with Crippen molar-refractivity contribution >= 4 is 60.7 Å². The van der Waals surface area contributed by atoms with Gasteiger partial charge < -0.3 is 5.32 Å². The molecule has 0 unspecified atom stereocenters. The number of aromatic nitrogens is 1. The summed E-state index contributed by atoms with van der Waals surface area (Å²) in [4.78, 5) is 16.7. The molecule has 0 spiro atoms. The molecule has 0 aliphatic carbocycles. The minimum Gasteiger partial charge on any atom is -0.326 e. The molecule has 0 bridgehead atoms. The average Bonchev–Trinajstić information content (AvgIpc) is 2.87. The van der Waals surface area contributed by atoms with Crippen LogP contribution in [-0.2, 0) is 30.6 Å². The van der Waals surface area contributed by atoms with Crippen LogP contribution < -0.4 is 10.0 Å². The lowest BCUT2D eigenvalue weighted by Crippen LogP contribution is -2.42. The number of amides is 1. The maximum Gasteiger partial charge on any atom is 0.263 e. The van der Waals surface area contributed by atoms with Gasteiger partial charge in [-0.2, -0.15) is 0 Å². The normalized spacial score (nSPS) is 15.3. The second-order valence-electron chi connectivity index (χ2n) is 8.46. The summed E-state index contributed by atoms with van der Waals surface area (Å²) >= 11 is 12.3. The number of hydrogen-bond donors (Lipinski definition) is 2. The first kappa shape index (κ1) is 27.3. The fourth-order valence-corrected chi connectivity index (χ4v) is 7.24. The van der Waals surface area contributed by atoms with Crippen LogP contribution in [0.2, 0.25) is 10.0 Å². The molecule has 37 heavy (non-hydrogen) atoms. The fraction of sp³-hybridized carbons (Fsp3) is 0.250. The molecule has 13 heteroatoms. The number of anilines is 2. The van der Waals surface area contributed by atoms with E-state index in [2.05, 4.69) is 15.0 Å². The van der Waals surface area contributed by atoms with Gasteiger partial charge in [-0.25, -0.2) is 26.1 Å². The topological polar surface area (TPSA) is 126 Å². The van der Waals surface area contributed by atoms with Crippen molar-refractivity contribution in [1.82, 2.24) is 9.29 Å². The Morgan fingerprint density at radius 2 is 1.57 bits per heavy atom. The molecule has 196 valence electrons. The monoisotopic (exact) mass is 582 g/mol. The quantitative estimate of drug-likeness (QED) is 0.406. The van der Waals surface area contributed by atoms with Gasteiger partial charge >= 0.3 is 0 Å². The van der Waals surface area contributed by atoms with Gasteiger partial charge in [-0.3, -0.25) is 9.52 Å². The van der Waals surface area contributed by atoms with Crippen LogP contribution in [0.3, 0.4) is 0 Å². The van der Waals surface area contributed by atoms with Crippen LogP contribution >= 0.6 is 23.2 Å². The van der Waals surface area contributed by atoms with E-state index in [4.69, 9.17) is 23.2 Å². The van der Waals surface area contributed by atoms with Gasteiger partial charge in [-0.15, -0.1) is 0 Å². The summed E-state index contributed by atoms with van der Waals surface area (Å²) in [5.41, 5.74) is 0.789. The molecule has 2 N–H and O–H groups in total. The minimum atomic E-state index is -3.83. The van der Waals surface area contributed by atoms with Crippen molar-refractivity contribution in [2.75, 3.05) is 23.1 Å². The second-order valence-corrected chi connectivity index (χ2v) is 12.9. The Morgan fingerprint density at radius 3 is 2.16 bits per heavy atom. The maximum absolute atomic E-state index is 12.9. The summed E-state index contributed by atoms with van der Waals surface area (Å²) in [6, 6.07) is 15.5. The first-order valence-corrected chi connectivity index (χ1v) is 15.2. The van der Waals surface area contributed by atoms with Crippen LogP contribution in [0.1, 0.15) is 18.4 Å². The standard InChI is InChI=1S/C24H24Cl2N4O5S2/c25-21-4-3-5-22(26)20(21)16-36(32,33)30-14-11-17(12-15-30)24(31)28-18-7-9-19(10-8-18)37(34,35)29-23-6-1-2-13-27-23/h1-10,13,17H,11-12,14-16H2,(H,27,29)(H,28,31). The van der Waals surface area contributed by atoms with Gasteiger partial charge in [0.05, 0.1) is 10.6 Å². The van der Waals surface area contributed by atoms with Gasteiger partial charge in [0.1, 0.15) is 5.82 Å². The number of pyridine rings is 1. The van der Waals surface area contributed by atoms with Crippen molar-refractivity contribution in [3.8, 4) is 0 Å². The number of hydrogen-bond acceptors (Lipinski definition) is 6. The molecule has 9 nitrogen and oxygen atoms in total. The molecule has 1 amide bonds. The van der Waals surface area contributed by atoms with Crippen LogP contribution in [0.15, 0.2) is 71.8 Å². The molecule has 0 saturated carbocycles. The zero-order valence-electron chi connectivity index (χ0n) is 19.5. The highest BCUT2D eigenvalue weighted by atomic mass is 35.5. The summed E-state index contributed by atoms with van der Waals surface area (Å²) in [7, 11) is -7.50. The predicted octanol–water partition coefficient (Wildman–Crippen LogP) is 4.37. The first-order chi connectivity index (χ1) is 17.5. The molecule has 2 aromatic carbocycles. The van der Waals surface area contributed by atoms with Crippen LogP contribution in [0.4, 0.5) is 11.5 Å². The van der Waals surface area contributed by atoms with E-state index in [1.165, 1.54) is 40.8 Å². The summed E-state index contributed by atoms with van der Waals surface area (Å²) in [6.45, 7) is 0.387. The Balaban J connectivity index is 1.32. The molecule has 1 saturated heterocycles. The Labute approximate surface area is 225 Å². The van der Waals surface area contributed by atoms with Crippen molar-refractivity contribution in [2.24, 2.45) is 5.92 Å². The Kier molecular flexibility index (Phi) is 8.39. The van der Waals surface area contributed by atoms with Crippen LogP contribution in [0.5, 0.6) is 0 Å². The van der Waals surface area contributed by atoms with E-state index in [9.17, 15) is 21.6 Å². The largest absolute Gasteiger partial charge is 0.326 e. The summed E-state index contributed by atoms with van der Waals surface area (Å²) in [6.07, 6.45) is 2.18. The highest BCUT2D eigenvalue weighted by Gasteiger charge is 2.32. The third-order valence-electron chi connectivity index (χ3n) is 5.94. The number of piperidine rings is 1. The Morgan fingerprint density at radius 1 is 0.919 bits per heavy atom. The number of nitrogens with one attached hydrogen (secondary N) is 2. The zero-order valence-corrected chi connectivity index (χ0v) is 22.6. The lowest BCUT2D eigenvalue weighted by molar-refractivity contribution is -0.120. The van der Waals surface area contributed by atoms with Gasteiger partial charge in [0.15, 0.2) is 0 Å². The van der Waals surface area contributed by atoms with E-state index >= 15 is 0 Å². The molecule has 2 heterocycles. The van der Waals surface area contributed by atoms with Crippen LogP contribution in [0, 0.1) is 5.92 Å². The van der Waals surface area contributed by atoms with Crippen molar-refractivity contribution in [1.29, 1.82) is 0 Å². The highest BCUT2D eigenvalue weighted by Crippen LogP contribution is 2.29. The van der Waals surface area contributed by atoms with Gasteiger partial charge in [-0.05, 0) is 61.4 Å². The molecular formula is C24H24Cl2N4O5S2. The number of carbonyl (C=O) groups is 1. The summed E-state index contributed by atoms with van der Waals surface area (Å²) in [5.74, 6) is -0.756. The molecule has 0 radical (unpaired) electrons. The molecule has 1 aromatic heterocycles. The molecule has 4 rings (SSSR count). The lowest BCUT2D eigenvalue weighted by Gasteiger charge is -2.30. The zero-order chi connectivity index (χ0) is 26.6. The van der Waals surface area contributed by atoms with Crippen molar-refractivity contribution in [3.63, 3.8) is 0 Å². The molecule has 1 aliphatic heterocycles. The van der Waals surface area contributed by atoms with Crippen molar-refractivity contribution in [2.45, 2.75) is 23.5 Å². The highest BCUT2D eigenvalue weighted by molar-refractivity contribution is 7.92. The number of benzene rings is 2. The van der Waals surface area contributed by atoms with Crippen molar-refractivity contribution < 1.29 is 21.6 Å². The van der Waals surface area contributed by atoms with Gasteiger partial charge in [0.25, 0.3) is 10.0 Å². The average molecular weight is 584 g/mol. The van der Waals surface area contributed by atoms with Gasteiger partial charge in [0, 0.05) is 46.5 Å². The van der Waals surface area contributed by atoms with Gasteiger partial charge in [-0.1, -0.05) is 35.3 Å².